The Bertz CT molecular complexity index is 27.0. The summed E-state index contributed by atoms with van der Waals surface area (Å²) in [5, 5.41) is 14.6. The molecule has 68 valence electrons. The third-order valence-corrected chi connectivity index (χ3v) is 0. The molecule has 0 saturated carbocycles. The van der Waals surface area contributed by atoms with Crippen molar-refractivity contribution in [2.75, 3.05) is 13.7 Å². The summed E-state index contributed by atoms with van der Waals surface area (Å²) < 4.78 is -0.750. The van der Waals surface area contributed by atoms with E-state index in [0.717, 1.165) is 7.11 Å². The number of hydrogen-bond acceptors (Lipinski definition) is 2. The highest BCUT2D eigenvalue weighted by atomic mass is 35.6. The lowest BCUT2D eigenvalue weighted by atomic mass is 10.9. The minimum atomic E-state index is -0.750. The fraction of sp³-hybridized carbons (Fsp3) is 1.00. The monoisotopic (exact) mass is 214 g/mol. The molecular weight excluding hydrogens is 202 g/mol. The van der Waals surface area contributed by atoms with Gasteiger partial charge in [-0.25, -0.2) is 0 Å². The van der Waals surface area contributed by atoms with E-state index in [1.54, 1.807) is 6.92 Å². The number of aliphatic hydroxyl groups is 2. The normalized spacial score (nSPS) is 6.00. The summed E-state index contributed by atoms with van der Waals surface area (Å²) in [6.07, 6.45) is 0. The predicted molar refractivity (Wildman–Crippen MR) is 45.9 cm³/mol. The summed E-state index contributed by atoms with van der Waals surface area (Å²) in [4.78, 5) is 0. The molecule has 0 aliphatic heterocycles. The minimum Gasteiger partial charge on any atom is -0.412 e. The molecule has 3 nitrogen and oxygen atoms in total. The lowest BCUT2D eigenvalue weighted by Gasteiger charge is -1.69. The van der Waals surface area contributed by atoms with Crippen molar-refractivity contribution in [3.63, 3.8) is 0 Å². The van der Waals surface area contributed by atoms with Gasteiger partial charge >= 0.3 is 0 Å². The van der Waals surface area contributed by atoms with E-state index < -0.39 is 4.30 Å². The van der Waals surface area contributed by atoms with Gasteiger partial charge in [0.1, 0.15) is 0 Å². The van der Waals surface area contributed by atoms with Crippen LogP contribution in [0.2, 0.25) is 0 Å². The summed E-state index contributed by atoms with van der Waals surface area (Å²) >= 11 is 14.4. The van der Waals surface area contributed by atoms with Crippen LogP contribution < -0.4 is 0 Å². The topological polar surface area (TPSA) is 72.0 Å². The zero-order valence-electron chi connectivity index (χ0n) is 5.81. The molecule has 0 radical (unpaired) electrons. The lowest BCUT2D eigenvalue weighted by molar-refractivity contribution is 0.318. The number of hydrogen-bond donors (Lipinski definition) is 2. The van der Waals surface area contributed by atoms with Crippen molar-refractivity contribution >= 4 is 34.8 Å². The standard InChI is InChI=1S/C2H6O.CHCl3.CH4O.H2O/c1-2-3;2-1(3)4;1-2;/h3H,2H2,1H3;1H;2H,1H3;1H2. The summed E-state index contributed by atoms with van der Waals surface area (Å²) in [6.45, 7) is 1.93. The van der Waals surface area contributed by atoms with Crippen molar-refractivity contribution in [2.24, 2.45) is 0 Å². The highest BCUT2D eigenvalue weighted by Gasteiger charge is 1.78. The third-order valence-electron chi connectivity index (χ3n) is 0. The molecule has 0 bridgehead atoms. The molecule has 0 amide bonds. The second kappa shape index (κ2) is 33.1. The summed E-state index contributed by atoms with van der Waals surface area (Å²) in [5.74, 6) is 0. The van der Waals surface area contributed by atoms with Gasteiger partial charge in [-0.2, -0.15) is 0 Å². The Balaban J connectivity index is -0.0000000273. The first-order valence-corrected chi connectivity index (χ1v) is 3.43. The molecule has 0 aromatic carbocycles. The predicted octanol–water partition coefficient (Wildman–Crippen LogP) is 0.769. The van der Waals surface area contributed by atoms with Gasteiger partial charge in [0.05, 0.1) is 0 Å². The van der Waals surface area contributed by atoms with Gasteiger partial charge in [-0.3, -0.25) is 0 Å². The van der Waals surface area contributed by atoms with E-state index in [1.165, 1.54) is 0 Å². The second-order valence-electron chi connectivity index (χ2n) is 0.564. The second-order valence-corrected chi connectivity index (χ2v) is 2.54. The van der Waals surface area contributed by atoms with Crippen LogP contribution in [-0.4, -0.2) is 33.7 Å². The van der Waals surface area contributed by atoms with E-state index >= 15 is 0 Å². The zero-order chi connectivity index (χ0) is 8.28. The first-order valence-electron chi connectivity index (χ1n) is 2.13. The van der Waals surface area contributed by atoms with Crippen molar-refractivity contribution in [3.05, 3.63) is 0 Å². The van der Waals surface area contributed by atoms with Crippen molar-refractivity contribution < 1.29 is 15.7 Å². The number of aliphatic hydroxyl groups excluding tert-OH is 2. The molecule has 0 aliphatic rings. The molecule has 0 heterocycles. The molecule has 0 aliphatic carbocycles. The maximum Gasteiger partial charge on any atom is 0.180 e. The number of halogens is 3. The average molecular weight is 216 g/mol. The maximum atomic E-state index is 7.57. The largest absolute Gasteiger partial charge is 0.412 e. The Morgan fingerprint density at radius 3 is 1.20 bits per heavy atom. The van der Waals surface area contributed by atoms with Crippen LogP contribution in [0, 0.1) is 0 Å². The molecule has 0 unspecified atom stereocenters. The highest BCUT2D eigenvalue weighted by molar-refractivity contribution is 6.63. The van der Waals surface area contributed by atoms with Crippen molar-refractivity contribution in [2.45, 2.75) is 11.2 Å². The van der Waals surface area contributed by atoms with Gasteiger partial charge in [-0.15, -0.1) is 0 Å². The third kappa shape index (κ3) is 934. The lowest BCUT2D eigenvalue weighted by Crippen LogP contribution is -1.57. The van der Waals surface area contributed by atoms with Crippen LogP contribution in [0.4, 0.5) is 0 Å². The minimum absolute atomic E-state index is 0. The van der Waals surface area contributed by atoms with E-state index in [0.29, 0.717) is 0 Å². The van der Waals surface area contributed by atoms with Crippen molar-refractivity contribution in [3.8, 4) is 0 Å². The van der Waals surface area contributed by atoms with Crippen molar-refractivity contribution in [1.82, 2.24) is 0 Å². The molecular formula is C4H13Cl3O3. The first-order chi connectivity index (χ1) is 4.15. The van der Waals surface area contributed by atoms with Gasteiger partial charge in [0.25, 0.3) is 0 Å². The molecule has 4 N–H and O–H groups in total. The Hall–Kier alpha value is 0.750. The van der Waals surface area contributed by atoms with Crippen LogP contribution in [0.5, 0.6) is 0 Å². The molecule has 0 spiro atoms. The van der Waals surface area contributed by atoms with E-state index in [1.807, 2.05) is 0 Å². The van der Waals surface area contributed by atoms with Gasteiger partial charge < -0.3 is 15.7 Å². The Morgan fingerprint density at radius 2 is 1.20 bits per heavy atom. The average Bonchev–Trinajstić information content (AvgIpc) is 1.71. The molecule has 0 aromatic heterocycles. The fourth-order valence-corrected chi connectivity index (χ4v) is 0. The van der Waals surface area contributed by atoms with Gasteiger partial charge in [0.15, 0.2) is 4.30 Å². The molecule has 6 heteroatoms. The van der Waals surface area contributed by atoms with Crippen LogP contribution in [0.1, 0.15) is 6.92 Å². The number of rotatable bonds is 0. The summed E-state index contributed by atoms with van der Waals surface area (Å²) in [6, 6.07) is 0. The van der Waals surface area contributed by atoms with Crippen LogP contribution in [-0.2, 0) is 0 Å². The molecule has 10 heavy (non-hydrogen) atoms. The van der Waals surface area contributed by atoms with Crippen LogP contribution >= 0.6 is 34.8 Å². The van der Waals surface area contributed by atoms with E-state index in [9.17, 15) is 0 Å². The van der Waals surface area contributed by atoms with E-state index in [2.05, 4.69) is 0 Å². The van der Waals surface area contributed by atoms with Crippen LogP contribution in [0.3, 0.4) is 0 Å². The van der Waals surface area contributed by atoms with Gasteiger partial charge in [-0.05, 0) is 6.92 Å². The fourth-order valence-electron chi connectivity index (χ4n) is 0. The van der Waals surface area contributed by atoms with Crippen LogP contribution in [0.15, 0.2) is 0 Å². The van der Waals surface area contributed by atoms with Gasteiger partial charge in [-0.1, -0.05) is 34.8 Å². The molecule has 0 fully saturated rings. The maximum absolute atomic E-state index is 7.57. The van der Waals surface area contributed by atoms with E-state index in [4.69, 9.17) is 45.0 Å². The van der Waals surface area contributed by atoms with Gasteiger partial charge in [0, 0.05) is 13.7 Å². The molecule has 0 atom stereocenters. The SMILES string of the molecule is CCO.CO.ClC(Cl)Cl.O. The quantitative estimate of drug-likeness (QED) is 0.586. The first kappa shape index (κ1) is 22.4. The smallest absolute Gasteiger partial charge is 0.180 e. The van der Waals surface area contributed by atoms with Crippen LogP contribution in [0.25, 0.3) is 0 Å². The summed E-state index contributed by atoms with van der Waals surface area (Å²) in [7, 11) is 1.00. The summed E-state index contributed by atoms with van der Waals surface area (Å²) in [5.41, 5.74) is 0. The molecule has 0 aromatic rings. The Kier molecular flexibility index (Phi) is 74.2. The zero-order valence-corrected chi connectivity index (χ0v) is 8.08. The molecule has 0 saturated heterocycles. The number of alkyl halides is 3. The highest BCUT2D eigenvalue weighted by Crippen LogP contribution is 2.03. The Labute approximate surface area is 75.8 Å². The van der Waals surface area contributed by atoms with Crippen molar-refractivity contribution in [1.29, 1.82) is 0 Å². The van der Waals surface area contributed by atoms with E-state index in [-0.39, 0.29) is 12.1 Å². The van der Waals surface area contributed by atoms with Gasteiger partial charge in [0.2, 0.25) is 0 Å². The Morgan fingerprint density at radius 1 is 1.20 bits per heavy atom. The molecule has 0 rings (SSSR count).